The van der Waals surface area contributed by atoms with Gasteiger partial charge in [-0.15, -0.1) is 0 Å². The zero-order chi connectivity index (χ0) is 16.6. The van der Waals surface area contributed by atoms with E-state index in [1.807, 2.05) is 0 Å². The van der Waals surface area contributed by atoms with Crippen molar-refractivity contribution in [1.29, 1.82) is 0 Å². The minimum atomic E-state index is -0.759. The van der Waals surface area contributed by atoms with Gasteiger partial charge in [-0.1, -0.05) is 18.2 Å². The lowest BCUT2D eigenvalue weighted by Gasteiger charge is -2.10. The number of Topliss-reactive ketones (excluding diaryl/α,β-unsaturated/α-hetero) is 1. The van der Waals surface area contributed by atoms with Crippen LogP contribution in [0.2, 0.25) is 0 Å². The molecule has 0 bridgehead atoms. The van der Waals surface area contributed by atoms with E-state index < -0.39 is 22.8 Å². The number of phenolic OH excluding ortho intramolecular Hbond substituents is 1. The van der Waals surface area contributed by atoms with Gasteiger partial charge in [0.1, 0.15) is 11.9 Å². The molecule has 1 aliphatic heterocycles. The maximum atomic E-state index is 12.3. The molecular formula is C16H11NO6. The Labute approximate surface area is 130 Å². The lowest BCUT2D eigenvalue weighted by molar-refractivity contribution is -0.384. The molecule has 0 radical (unpaired) electrons. The van der Waals surface area contributed by atoms with Crippen molar-refractivity contribution >= 4 is 17.4 Å². The number of hydrogen-bond acceptors (Lipinski definition) is 6. The van der Waals surface area contributed by atoms with Crippen molar-refractivity contribution in [3.63, 3.8) is 0 Å². The molecule has 1 N–H and O–H groups in total. The number of hydrogen-bond donors (Lipinski definition) is 1. The SMILES string of the molecule is O=C(C[C@@H]1OC(=O)c2ccccc21)c1cc([N+](=O)[O-])ccc1O. The Morgan fingerprint density at radius 1 is 1.26 bits per heavy atom. The van der Waals surface area contributed by atoms with E-state index in [4.69, 9.17) is 4.74 Å². The number of fused-ring (bicyclic) bond motifs is 1. The highest BCUT2D eigenvalue weighted by Crippen LogP contribution is 2.35. The van der Waals surface area contributed by atoms with Crippen molar-refractivity contribution in [2.75, 3.05) is 0 Å². The van der Waals surface area contributed by atoms with E-state index in [1.54, 1.807) is 24.3 Å². The van der Waals surface area contributed by atoms with Gasteiger partial charge in [0.2, 0.25) is 0 Å². The number of nitro groups is 1. The van der Waals surface area contributed by atoms with Crippen molar-refractivity contribution < 1.29 is 24.4 Å². The molecule has 0 aromatic heterocycles. The number of benzene rings is 2. The monoisotopic (exact) mass is 313 g/mol. The maximum absolute atomic E-state index is 12.3. The molecule has 7 nitrogen and oxygen atoms in total. The third-order valence-electron chi connectivity index (χ3n) is 3.64. The van der Waals surface area contributed by atoms with E-state index in [2.05, 4.69) is 0 Å². The average molecular weight is 313 g/mol. The smallest absolute Gasteiger partial charge is 0.339 e. The molecule has 1 aliphatic rings. The normalized spacial score (nSPS) is 15.8. The fourth-order valence-corrected chi connectivity index (χ4v) is 2.51. The second-order valence-electron chi connectivity index (χ2n) is 5.07. The third kappa shape index (κ3) is 2.64. The number of ether oxygens (including phenoxy) is 1. The number of esters is 1. The van der Waals surface area contributed by atoms with Crippen LogP contribution in [0.15, 0.2) is 42.5 Å². The molecule has 0 unspecified atom stereocenters. The zero-order valence-electron chi connectivity index (χ0n) is 11.8. The van der Waals surface area contributed by atoms with Crippen molar-refractivity contribution in [2.24, 2.45) is 0 Å². The van der Waals surface area contributed by atoms with Crippen LogP contribution >= 0.6 is 0 Å². The number of cyclic esters (lactones) is 1. The number of aromatic hydroxyl groups is 1. The molecule has 7 heteroatoms. The number of non-ortho nitro benzene ring substituents is 1. The summed E-state index contributed by atoms with van der Waals surface area (Å²) in [4.78, 5) is 34.2. The Morgan fingerprint density at radius 2 is 2.00 bits per heavy atom. The second-order valence-corrected chi connectivity index (χ2v) is 5.07. The van der Waals surface area contributed by atoms with E-state index in [0.29, 0.717) is 11.1 Å². The summed E-state index contributed by atoms with van der Waals surface area (Å²) in [5, 5.41) is 20.5. The standard InChI is InChI=1S/C16H11NO6/c18-13-6-5-9(17(21)22)7-12(13)14(19)8-15-10-3-1-2-4-11(10)16(20)23-15/h1-7,15,18H,8H2/t15-/m0/s1. The number of carbonyl (C=O) groups is 2. The van der Waals surface area contributed by atoms with Crippen LogP contribution < -0.4 is 0 Å². The van der Waals surface area contributed by atoms with Crippen LogP contribution in [0.4, 0.5) is 5.69 Å². The van der Waals surface area contributed by atoms with Gasteiger partial charge in [-0.3, -0.25) is 14.9 Å². The summed E-state index contributed by atoms with van der Waals surface area (Å²) in [7, 11) is 0. The topological polar surface area (TPSA) is 107 Å². The summed E-state index contributed by atoms with van der Waals surface area (Å²) in [5.74, 6) is -1.40. The quantitative estimate of drug-likeness (QED) is 0.402. The lowest BCUT2D eigenvalue weighted by atomic mass is 9.98. The first-order valence-electron chi connectivity index (χ1n) is 6.78. The number of phenols is 1. The molecule has 2 aromatic rings. The molecule has 23 heavy (non-hydrogen) atoms. The van der Waals surface area contributed by atoms with Gasteiger partial charge < -0.3 is 9.84 Å². The van der Waals surface area contributed by atoms with Crippen molar-refractivity contribution in [2.45, 2.75) is 12.5 Å². The Balaban J connectivity index is 1.88. The van der Waals surface area contributed by atoms with Gasteiger partial charge in [-0.2, -0.15) is 0 Å². The highest BCUT2D eigenvalue weighted by molar-refractivity contribution is 6.01. The van der Waals surface area contributed by atoms with E-state index in [-0.39, 0.29) is 23.4 Å². The molecule has 1 atom stereocenters. The molecule has 0 amide bonds. The van der Waals surface area contributed by atoms with Gasteiger partial charge in [0, 0.05) is 17.7 Å². The summed E-state index contributed by atoms with van der Waals surface area (Å²) in [6.45, 7) is 0. The number of ketones is 1. The van der Waals surface area contributed by atoms with E-state index in [1.165, 1.54) is 0 Å². The first-order valence-corrected chi connectivity index (χ1v) is 6.78. The van der Waals surface area contributed by atoms with Crippen LogP contribution in [0.3, 0.4) is 0 Å². The first kappa shape index (κ1) is 14.7. The second kappa shape index (κ2) is 5.53. The van der Waals surface area contributed by atoms with Crippen LogP contribution in [0.1, 0.15) is 38.8 Å². The fraction of sp³-hybridized carbons (Fsp3) is 0.125. The molecule has 1 heterocycles. The average Bonchev–Trinajstić information content (AvgIpc) is 2.84. The largest absolute Gasteiger partial charge is 0.507 e. The van der Waals surface area contributed by atoms with Gasteiger partial charge >= 0.3 is 5.97 Å². The van der Waals surface area contributed by atoms with Crippen LogP contribution in [-0.4, -0.2) is 21.8 Å². The summed E-state index contributed by atoms with van der Waals surface area (Å²) < 4.78 is 5.17. The highest BCUT2D eigenvalue weighted by atomic mass is 16.6. The summed E-state index contributed by atoms with van der Waals surface area (Å²) in [6, 6.07) is 9.93. The van der Waals surface area contributed by atoms with Gasteiger partial charge in [0.15, 0.2) is 5.78 Å². The Kier molecular flexibility index (Phi) is 3.53. The minimum absolute atomic E-state index is 0.167. The Hall–Kier alpha value is -3.22. The van der Waals surface area contributed by atoms with Gasteiger partial charge in [0.05, 0.1) is 22.5 Å². The van der Waals surface area contributed by atoms with E-state index in [9.17, 15) is 24.8 Å². The van der Waals surface area contributed by atoms with Gasteiger partial charge in [-0.05, 0) is 12.1 Å². The van der Waals surface area contributed by atoms with E-state index >= 15 is 0 Å². The number of nitrogens with zero attached hydrogens (tertiary/aromatic N) is 1. The van der Waals surface area contributed by atoms with Crippen LogP contribution in [-0.2, 0) is 4.74 Å². The molecule has 0 fully saturated rings. The van der Waals surface area contributed by atoms with Gasteiger partial charge in [-0.25, -0.2) is 4.79 Å². The maximum Gasteiger partial charge on any atom is 0.339 e. The van der Waals surface area contributed by atoms with Crippen molar-refractivity contribution in [3.8, 4) is 5.75 Å². The van der Waals surface area contributed by atoms with Crippen molar-refractivity contribution in [3.05, 3.63) is 69.3 Å². The Morgan fingerprint density at radius 3 is 2.74 bits per heavy atom. The van der Waals surface area contributed by atoms with Crippen molar-refractivity contribution in [1.82, 2.24) is 0 Å². The molecule has 2 aromatic carbocycles. The number of rotatable bonds is 4. The fourth-order valence-electron chi connectivity index (χ4n) is 2.51. The molecule has 3 rings (SSSR count). The molecule has 0 aliphatic carbocycles. The molecule has 116 valence electrons. The Bertz CT molecular complexity index is 829. The highest BCUT2D eigenvalue weighted by Gasteiger charge is 2.33. The predicted molar refractivity (Wildman–Crippen MR) is 78.3 cm³/mol. The summed E-state index contributed by atoms with van der Waals surface area (Å²) >= 11 is 0. The van der Waals surface area contributed by atoms with E-state index in [0.717, 1.165) is 18.2 Å². The minimum Gasteiger partial charge on any atom is -0.507 e. The lowest BCUT2D eigenvalue weighted by Crippen LogP contribution is -2.08. The molecule has 0 saturated carbocycles. The first-order chi connectivity index (χ1) is 11.0. The molecular weight excluding hydrogens is 302 g/mol. The van der Waals surface area contributed by atoms with Crippen LogP contribution in [0.25, 0.3) is 0 Å². The molecule has 0 spiro atoms. The molecule has 0 saturated heterocycles. The number of nitro benzene ring substituents is 1. The zero-order valence-corrected chi connectivity index (χ0v) is 11.8. The van der Waals surface area contributed by atoms with Crippen LogP contribution in [0, 0.1) is 10.1 Å². The summed E-state index contributed by atoms with van der Waals surface area (Å²) in [5.41, 5.74) is 0.527. The van der Waals surface area contributed by atoms with Gasteiger partial charge in [0.25, 0.3) is 5.69 Å². The van der Waals surface area contributed by atoms with Crippen LogP contribution in [0.5, 0.6) is 5.75 Å². The third-order valence-corrected chi connectivity index (χ3v) is 3.64. The predicted octanol–water partition coefficient (Wildman–Crippen LogP) is 2.78. The number of carbonyl (C=O) groups excluding carboxylic acids is 2. The summed E-state index contributed by atoms with van der Waals surface area (Å²) in [6.07, 6.45) is -0.956.